The lowest BCUT2D eigenvalue weighted by atomic mass is 10.2. The fraction of sp³-hybridized carbons (Fsp3) is 0.500. The van der Waals surface area contributed by atoms with Crippen molar-refractivity contribution in [3.63, 3.8) is 0 Å². The van der Waals surface area contributed by atoms with Crippen molar-refractivity contribution in [3.8, 4) is 0 Å². The third-order valence-electron chi connectivity index (χ3n) is 1.94. The molecule has 0 bridgehead atoms. The molecule has 72 valence electrons. The lowest BCUT2D eigenvalue weighted by Crippen LogP contribution is -2.18. The fourth-order valence-electron chi connectivity index (χ4n) is 1.17. The van der Waals surface area contributed by atoms with Crippen LogP contribution in [0.15, 0.2) is 18.5 Å². The van der Waals surface area contributed by atoms with Gasteiger partial charge in [-0.1, -0.05) is 6.92 Å². The van der Waals surface area contributed by atoms with Gasteiger partial charge in [0.15, 0.2) is 0 Å². The Labute approximate surface area is 79.4 Å². The summed E-state index contributed by atoms with van der Waals surface area (Å²) in [5.74, 6) is 0. The first kappa shape index (κ1) is 9.99. The van der Waals surface area contributed by atoms with E-state index in [1.807, 2.05) is 12.3 Å². The van der Waals surface area contributed by atoms with Crippen LogP contribution in [-0.4, -0.2) is 18.1 Å². The number of nitrogens with zero attached hydrogens (tertiary/aromatic N) is 1. The molecule has 0 saturated carbocycles. The molecule has 0 unspecified atom stereocenters. The molecule has 0 atom stereocenters. The molecule has 1 aromatic rings. The molecule has 0 aliphatic rings. The van der Waals surface area contributed by atoms with Gasteiger partial charge in [-0.3, -0.25) is 4.98 Å². The Balaban J connectivity index is 2.32. The molecule has 3 N–H and O–H groups in total. The number of rotatable bonds is 5. The molecular weight excluding hydrogens is 162 g/mol. The van der Waals surface area contributed by atoms with E-state index in [-0.39, 0.29) is 0 Å². The zero-order valence-corrected chi connectivity index (χ0v) is 8.09. The fourth-order valence-corrected chi connectivity index (χ4v) is 1.17. The molecule has 0 saturated heterocycles. The monoisotopic (exact) mass is 179 g/mol. The first-order valence-electron chi connectivity index (χ1n) is 4.73. The largest absolute Gasteiger partial charge is 0.398 e. The smallest absolute Gasteiger partial charge is 0.0377 e. The molecule has 1 aromatic heterocycles. The molecule has 0 aliphatic heterocycles. The third-order valence-corrected chi connectivity index (χ3v) is 1.94. The Morgan fingerprint density at radius 1 is 1.46 bits per heavy atom. The number of hydrogen-bond donors (Lipinski definition) is 2. The zero-order chi connectivity index (χ0) is 9.52. The Kier molecular flexibility index (Phi) is 4.26. The van der Waals surface area contributed by atoms with Gasteiger partial charge < -0.3 is 11.1 Å². The summed E-state index contributed by atoms with van der Waals surface area (Å²) in [4.78, 5) is 4.04. The molecule has 13 heavy (non-hydrogen) atoms. The predicted octanol–water partition coefficient (Wildman–Crippen LogP) is 1.21. The molecule has 0 spiro atoms. The van der Waals surface area contributed by atoms with E-state index in [0.29, 0.717) is 0 Å². The minimum Gasteiger partial charge on any atom is -0.398 e. The Hall–Kier alpha value is -1.09. The van der Waals surface area contributed by atoms with E-state index in [4.69, 9.17) is 5.73 Å². The average molecular weight is 179 g/mol. The van der Waals surface area contributed by atoms with Crippen LogP contribution in [0.2, 0.25) is 0 Å². The summed E-state index contributed by atoms with van der Waals surface area (Å²) in [6.45, 7) is 4.20. The maximum absolute atomic E-state index is 5.77. The van der Waals surface area contributed by atoms with Crippen molar-refractivity contribution >= 4 is 5.69 Å². The maximum atomic E-state index is 5.77. The molecular formula is C10H17N3. The first-order chi connectivity index (χ1) is 6.34. The van der Waals surface area contributed by atoms with Crippen molar-refractivity contribution in [2.24, 2.45) is 0 Å². The summed E-state index contributed by atoms with van der Waals surface area (Å²) in [6, 6.07) is 1.84. The summed E-state index contributed by atoms with van der Waals surface area (Å²) in [6.07, 6.45) is 5.68. The van der Waals surface area contributed by atoms with Crippen LogP contribution in [-0.2, 0) is 6.42 Å². The Bertz CT molecular complexity index is 248. The molecule has 3 heteroatoms. The van der Waals surface area contributed by atoms with Crippen LogP contribution >= 0.6 is 0 Å². The van der Waals surface area contributed by atoms with E-state index >= 15 is 0 Å². The van der Waals surface area contributed by atoms with Gasteiger partial charge >= 0.3 is 0 Å². The first-order valence-corrected chi connectivity index (χ1v) is 4.73. The van der Waals surface area contributed by atoms with Crippen LogP contribution < -0.4 is 11.1 Å². The molecule has 0 radical (unpaired) electrons. The molecule has 0 aliphatic carbocycles. The van der Waals surface area contributed by atoms with E-state index in [0.717, 1.165) is 30.8 Å². The normalized spacial score (nSPS) is 10.2. The van der Waals surface area contributed by atoms with Gasteiger partial charge in [0, 0.05) is 18.1 Å². The van der Waals surface area contributed by atoms with Crippen molar-refractivity contribution < 1.29 is 0 Å². The number of nitrogens with one attached hydrogen (secondary N) is 1. The van der Waals surface area contributed by atoms with E-state index in [9.17, 15) is 0 Å². The van der Waals surface area contributed by atoms with Crippen molar-refractivity contribution in [2.45, 2.75) is 19.8 Å². The summed E-state index contributed by atoms with van der Waals surface area (Å²) >= 11 is 0. The molecule has 0 fully saturated rings. The highest BCUT2D eigenvalue weighted by Crippen LogP contribution is 2.08. The lowest BCUT2D eigenvalue weighted by Gasteiger charge is -2.05. The highest BCUT2D eigenvalue weighted by Gasteiger charge is 1.96. The van der Waals surface area contributed by atoms with Gasteiger partial charge in [0.05, 0.1) is 0 Å². The van der Waals surface area contributed by atoms with Gasteiger partial charge in [0.2, 0.25) is 0 Å². The molecule has 0 amide bonds. The number of nitrogen functional groups attached to an aromatic ring is 1. The van der Waals surface area contributed by atoms with Crippen LogP contribution in [0.25, 0.3) is 0 Å². The SMILES string of the molecule is CCCNCCc1cnccc1N. The second-order valence-electron chi connectivity index (χ2n) is 3.07. The van der Waals surface area contributed by atoms with Crippen LogP contribution in [0.4, 0.5) is 5.69 Å². The lowest BCUT2D eigenvalue weighted by molar-refractivity contribution is 0.671. The highest BCUT2D eigenvalue weighted by atomic mass is 14.8. The summed E-state index contributed by atoms with van der Waals surface area (Å²) in [7, 11) is 0. The van der Waals surface area contributed by atoms with Gasteiger partial charge in [-0.15, -0.1) is 0 Å². The quantitative estimate of drug-likeness (QED) is 0.668. The van der Waals surface area contributed by atoms with Crippen molar-refractivity contribution in [1.29, 1.82) is 0 Å². The minimum atomic E-state index is 0.841. The average Bonchev–Trinajstić information content (AvgIpc) is 2.15. The van der Waals surface area contributed by atoms with Crippen LogP contribution in [0, 0.1) is 0 Å². The topological polar surface area (TPSA) is 50.9 Å². The van der Waals surface area contributed by atoms with Gasteiger partial charge in [0.25, 0.3) is 0 Å². The predicted molar refractivity (Wildman–Crippen MR) is 55.5 cm³/mol. The van der Waals surface area contributed by atoms with Gasteiger partial charge in [0.1, 0.15) is 0 Å². The number of pyridine rings is 1. The number of hydrogen-bond acceptors (Lipinski definition) is 3. The summed E-state index contributed by atoms with van der Waals surface area (Å²) in [5.41, 5.74) is 7.74. The van der Waals surface area contributed by atoms with Crippen molar-refractivity contribution in [3.05, 3.63) is 24.0 Å². The van der Waals surface area contributed by atoms with Crippen molar-refractivity contribution in [2.75, 3.05) is 18.8 Å². The molecule has 0 aromatic carbocycles. The molecule has 3 nitrogen and oxygen atoms in total. The molecule has 1 rings (SSSR count). The second kappa shape index (κ2) is 5.54. The molecule has 1 heterocycles. The highest BCUT2D eigenvalue weighted by molar-refractivity contribution is 5.44. The van der Waals surface area contributed by atoms with Gasteiger partial charge in [-0.25, -0.2) is 0 Å². The van der Waals surface area contributed by atoms with Crippen molar-refractivity contribution in [1.82, 2.24) is 10.3 Å². The van der Waals surface area contributed by atoms with Crippen LogP contribution in [0.5, 0.6) is 0 Å². The van der Waals surface area contributed by atoms with Crippen LogP contribution in [0.3, 0.4) is 0 Å². The van der Waals surface area contributed by atoms with Gasteiger partial charge in [-0.05, 0) is 37.6 Å². The van der Waals surface area contributed by atoms with E-state index in [1.54, 1.807) is 6.20 Å². The van der Waals surface area contributed by atoms with E-state index in [1.165, 1.54) is 6.42 Å². The Morgan fingerprint density at radius 3 is 3.00 bits per heavy atom. The number of anilines is 1. The zero-order valence-electron chi connectivity index (χ0n) is 8.09. The van der Waals surface area contributed by atoms with Gasteiger partial charge in [-0.2, -0.15) is 0 Å². The van der Waals surface area contributed by atoms with Crippen LogP contribution in [0.1, 0.15) is 18.9 Å². The summed E-state index contributed by atoms with van der Waals surface area (Å²) in [5, 5.41) is 3.33. The van der Waals surface area contributed by atoms with E-state index < -0.39 is 0 Å². The Morgan fingerprint density at radius 2 is 2.31 bits per heavy atom. The third kappa shape index (κ3) is 3.42. The number of aromatic nitrogens is 1. The summed E-state index contributed by atoms with van der Waals surface area (Å²) < 4.78 is 0. The minimum absolute atomic E-state index is 0.841. The van der Waals surface area contributed by atoms with E-state index in [2.05, 4.69) is 17.2 Å². The second-order valence-corrected chi connectivity index (χ2v) is 3.07. The standard InChI is InChI=1S/C10H17N3/c1-2-5-12-6-3-9-8-13-7-4-10(9)11/h4,7-8,12H,2-3,5-6H2,1H3,(H2,11,13). The number of nitrogens with two attached hydrogens (primary N) is 1. The maximum Gasteiger partial charge on any atom is 0.0377 e.